The molecule has 56 heavy (non-hydrogen) atoms. The smallest absolute Gasteiger partial charge is 0.162 e. The summed E-state index contributed by atoms with van der Waals surface area (Å²) in [5.74, 6) is 2.18. The first-order chi connectivity index (χ1) is 27.7. The molecule has 0 bridgehead atoms. The number of aromatic nitrogens is 4. The van der Waals surface area contributed by atoms with E-state index in [4.69, 9.17) is 19.9 Å². The van der Waals surface area contributed by atoms with Crippen LogP contribution in [0.3, 0.4) is 0 Å². The number of hydrogen-bond donors (Lipinski definition) is 0. The van der Waals surface area contributed by atoms with Gasteiger partial charge >= 0.3 is 0 Å². The molecule has 5 nitrogen and oxygen atoms in total. The van der Waals surface area contributed by atoms with Gasteiger partial charge in [0.05, 0.1) is 28.5 Å². The maximum atomic E-state index is 5.23. The maximum absolute atomic E-state index is 5.23. The van der Waals surface area contributed by atoms with E-state index in [9.17, 15) is 0 Å². The summed E-state index contributed by atoms with van der Waals surface area (Å²) in [4.78, 5) is 25.1. The van der Waals surface area contributed by atoms with Gasteiger partial charge in [0, 0.05) is 43.7 Å². The molecule has 7 aromatic carbocycles. The minimum atomic E-state index is 0.672. The van der Waals surface area contributed by atoms with Crippen molar-refractivity contribution in [3.8, 4) is 67.7 Å². The summed E-state index contributed by atoms with van der Waals surface area (Å²) >= 11 is 1.79. The molecule has 0 fully saturated rings. The SMILES string of the molecule is c1ccc(-c2cc(-c3cccc(-c4cccc(-c5cc(N6c7ccccc7Sc7ccccc76)nc(-c6ccccc6)n5)c4)c3)nc(-c3ccccc3)n2)cc1. The molecule has 0 amide bonds. The van der Waals surface area contributed by atoms with Crippen molar-refractivity contribution in [2.75, 3.05) is 4.90 Å². The largest absolute Gasteiger partial charge is 0.293 e. The van der Waals surface area contributed by atoms with Gasteiger partial charge in [-0.1, -0.05) is 163 Å². The van der Waals surface area contributed by atoms with Gasteiger partial charge in [0.2, 0.25) is 0 Å². The number of hydrogen-bond acceptors (Lipinski definition) is 6. The van der Waals surface area contributed by atoms with Crippen LogP contribution in [0, 0.1) is 0 Å². The second-order valence-corrected chi connectivity index (χ2v) is 14.6. The van der Waals surface area contributed by atoms with Crippen molar-refractivity contribution in [1.82, 2.24) is 19.9 Å². The van der Waals surface area contributed by atoms with E-state index in [1.807, 2.05) is 54.6 Å². The standard InChI is InChI=1S/C50H33N5S/c1-4-16-34(17-5-1)41-32-42(52-49(51-41)35-18-6-2-7-19-35)39-24-14-22-37(30-39)38-23-15-25-40(31-38)43-33-48(54-50(53-43)36-20-8-3-9-21-36)55-44-26-10-12-28-46(44)56-47-29-13-11-27-45(47)55/h1-33H. The number of benzene rings is 7. The van der Waals surface area contributed by atoms with E-state index < -0.39 is 0 Å². The Balaban J connectivity index is 1.08. The van der Waals surface area contributed by atoms with Crippen LogP contribution in [0.25, 0.3) is 67.7 Å². The molecule has 2 aromatic heterocycles. The van der Waals surface area contributed by atoms with Gasteiger partial charge < -0.3 is 0 Å². The van der Waals surface area contributed by atoms with Crippen LogP contribution in [0.4, 0.5) is 17.2 Å². The van der Waals surface area contributed by atoms with Gasteiger partial charge in [-0.3, -0.25) is 4.90 Å². The average Bonchev–Trinajstić information content (AvgIpc) is 3.29. The molecular formula is C50H33N5S. The Morgan fingerprint density at radius 1 is 0.304 bits per heavy atom. The van der Waals surface area contributed by atoms with Gasteiger partial charge in [0.1, 0.15) is 5.82 Å². The van der Waals surface area contributed by atoms with E-state index in [1.54, 1.807) is 11.8 Å². The van der Waals surface area contributed by atoms with Gasteiger partial charge in [-0.25, -0.2) is 19.9 Å². The summed E-state index contributed by atoms with van der Waals surface area (Å²) in [5, 5.41) is 0. The number of anilines is 3. The van der Waals surface area contributed by atoms with Crippen LogP contribution in [-0.2, 0) is 0 Å². The lowest BCUT2D eigenvalue weighted by Crippen LogP contribution is -2.16. The van der Waals surface area contributed by atoms with E-state index in [2.05, 4.69) is 150 Å². The third-order valence-corrected chi connectivity index (χ3v) is 11.0. The zero-order valence-corrected chi connectivity index (χ0v) is 31.0. The highest BCUT2D eigenvalue weighted by atomic mass is 32.2. The van der Waals surface area contributed by atoms with Crippen LogP contribution in [0.2, 0.25) is 0 Å². The normalized spacial score (nSPS) is 11.8. The van der Waals surface area contributed by atoms with E-state index >= 15 is 0 Å². The second-order valence-electron chi connectivity index (χ2n) is 13.5. The summed E-state index contributed by atoms with van der Waals surface area (Å²) in [6, 6.07) is 69.1. The Bertz CT molecular complexity index is 2740. The highest BCUT2D eigenvalue weighted by Crippen LogP contribution is 2.51. The van der Waals surface area contributed by atoms with Crippen molar-refractivity contribution in [3.05, 3.63) is 200 Å². The topological polar surface area (TPSA) is 54.8 Å². The molecule has 0 N–H and O–H groups in total. The van der Waals surface area contributed by atoms with Crippen molar-refractivity contribution in [2.24, 2.45) is 0 Å². The zero-order valence-electron chi connectivity index (χ0n) is 30.2. The van der Waals surface area contributed by atoms with E-state index in [0.717, 1.165) is 73.2 Å². The van der Waals surface area contributed by atoms with Gasteiger partial charge in [-0.05, 0) is 53.6 Å². The molecule has 0 radical (unpaired) electrons. The van der Waals surface area contributed by atoms with Gasteiger partial charge in [0.25, 0.3) is 0 Å². The predicted molar refractivity (Wildman–Crippen MR) is 229 cm³/mol. The number of fused-ring (bicyclic) bond motifs is 2. The molecular weight excluding hydrogens is 703 g/mol. The summed E-state index contributed by atoms with van der Waals surface area (Å²) in [7, 11) is 0. The third kappa shape index (κ3) is 6.53. The summed E-state index contributed by atoms with van der Waals surface area (Å²) in [5.41, 5.74) is 11.9. The first-order valence-electron chi connectivity index (χ1n) is 18.6. The lowest BCUT2D eigenvalue weighted by molar-refractivity contribution is 1.08. The monoisotopic (exact) mass is 735 g/mol. The fourth-order valence-corrected chi connectivity index (χ4v) is 8.21. The van der Waals surface area contributed by atoms with E-state index in [-0.39, 0.29) is 0 Å². The molecule has 0 saturated heterocycles. The van der Waals surface area contributed by atoms with Gasteiger partial charge in [-0.2, -0.15) is 0 Å². The number of para-hydroxylation sites is 2. The van der Waals surface area contributed by atoms with Crippen LogP contribution >= 0.6 is 11.8 Å². The van der Waals surface area contributed by atoms with Crippen LogP contribution in [-0.4, -0.2) is 19.9 Å². The van der Waals surface area contributed by atoms with Crippen molar-refractivity contribution >= 4 is 29.0 Å². The fourth-order valence-electron chi connectivity index (χ4n) is 7.15. The first-order valence-corrected chi connectivity index (χ1v) is 19.4. The Morgan fingerprint density at radius 3 is 1.23 bits per heavy atom. The first kappa shape index (κ1) is 33.4. The van der Waals surface area contributed by atoms with Crippen molar-refractivity contribution < 1.29 is 0 Å². The second kappa shape index (κ2) is 14.6. The Kier molecular flexibility index (Phi) is 8.71. The van der Waals surface area contributed by atoms with E-state index in [1.165, 1.54) is 9.79 Å². The zero-order chi connectivity index (χ0) is 37.3. The average molecular weight is 736 g/mol. The lowest BCUT2D eigenvalue weighted by Gasteiger charge is -2.32. The molecule has 3 heterocycles. The van der Waals surface area contributed by atoms with E-state index in [0.29, 0.717) is 11.6 Å². The highest BCUT2D eigenvalue weighted by molar-refractivity contribution is 7.99. The maximum Gasteiger partial charge on any atom is 0.162 e. The molecule has 264 valence electrons. The van der Waals surface area contributed by atoms with Crippen LogP contribution in [0.15, 0.2) is 210 Å². The molecule has 1 aliphatic rings. The molecule has 6 heteroatoms. The minimum Gasteiger partial charge on any atom is -0.293 e. The van der Waals surface area contributed by atoms with Gasteiger partial charge in [0.15, 0.2) is 11.6 Å². The van der Waals surface area contributed by atoms with Crippen molar-refractivity contribution in [3.63, 3.8) is 0 Å². The molecule has 0 unspecified atom stereocenters. The summed E-state index contributed by atoms with van der Waals surface area (Å²) in [6.45, 7) is 0. The molecule has 0 saturated carbocycles. The Morgan fingerprint density at radius 2 is 0.696 bits per heavy atom. The highest BCUT2D eigenvalue weighted by Gasteiger charge is 2.26. The molecule has 0 atom stereocenters. The molecule has 10 rings (SSSR count). The minimum absolute atomic E-state index is 0.672. The quantitative estimate of drug-likeness (QED) is 0.162. The van der Waals surface area contributed by atoms with Crippen LogP contribution in [0.1, 0.15) is 0 Å². The Labute approximate surface area is 330 Å². The van der Waals surface area contributed by atoms with Crippen molar-refractivity contribution in [2.45, 2.75) is 9.79 Å². The summed E-state index contributed by atoms with van der Waals surface area (Å²) in [6.07, 6.45) is 0. The lowest BCUT2D eigenvalue weighted by atomic mass is 9.98. The molecule has 9 aromatic rings. The van der Waals surface area contributed by atoms with Crippen LogP contribution < -0.4 is 4.90 Å². The predicted octanol–water partition coefficient (Wildman–Crippen LogP) is 13.2. The van der Waals surface area contributed by atoms with Gasteiger partial charge in [-0.15, -0.1) is 0 Å². The summed E-state index contributed by atoms with van der Waals surface area (Å²) < 4.78 is 0. The Hall–Kier alpha value is -7.15. The third-order valence-electron chi connectivity index (χ3n) is 9.88. The molecule has 0 spiro atoms. The fraction of sp³-hybridized carbons (Fsp3) is 0. The molecule has 1 aliphatic heterocycles. The number of nitrogens with zero attached hydrogens (tertiary/aromatic N) is 5. The van der Waals surface area contributed by atoms with Crippen LogP contribution in [0.5, 0.6) is 0 Å². The number of rotatable bonds is 7. The van der Waals surface area contributed by atoms with Crippen molar-refractivity contribution in [1.29, 1.82) is 0 Å². The molecule has 0 aliphatic carbocycles.